The van der Waals surface area contributed by atoms with E-state index in [4.69, 9.17) is 74.1 Å². The van der Waals surface area contributed by atoms with E-state index in [0.717, 1.165) is 77.9 Å². The Morgan fingerprint density at radius 2 is 1.03 bits per heavy atom. The molecule has 0 radical (unpaired) electrons. The van der Waals surface area contributed by atoms with Crippen LogP contribution < -0.4 is 49.6 Å². The lowest BCUT2D eigenvalue weighted by Crippen LogP contribution is -2.45. The summed E-state index contributed by atoms with van der Waals surface area (Å²) in [6, 6.07) is 20.8. The zero-order valence-corrected chi connectivity index (χ0v) is 73.4. The third kappa shape index (κ3) is 21.2. The van der Waals surface area contributed by atoms with Crippen LogP contribution in [-0.2, 0) is 41.0 Å². The molecule has 128 heavy (non-hydrogen) atoms. The van der Waals surface area contributed by atoms with Crippen molar-refractivity contribution in [1.82, 2.24) is 72.2 Å². The number of carbonyl (C=O) groups excluding carboxylic acids is 4. The third-order valence-electron chi connectivity index (χ3n) is 20.1. The Kier molecular flexibility index (Phi) is 29.9. The number of pyridine rings is 5. The van der Waals surface area contributed by atoms with Gasteiger partial charge in [0, 0.05) is 78.6 Å². The average molecular weight is 1820 g/mol. The molecule has 2 aliphatic carbocycles. The van der Waals surface area contributed by atoms with Crippen molar-refractivity contribution >= 4 is 90.3 Å². The van der Waals surface area contributed by atoms with Crippen LogP contribution in [0.1, 0.15) is 140 Å². The Labute approximate surface area is 738 Å². The number of nitrogens with two attached hydrogens (primary N) is 2. The summed E-state index contributed by atoms with van der Waals surface area (Å²) in [6.45, 7) is 17.8. The van der Waals surface area contributed by atoms with Crippen LogP contribution in [0.4, 0.5) is 11.4 Å². The number of rotatable bonds is 22. The quantitative estimate of drug-likeness (QED) is 0.0142. The van der Waals surface area contributed by atoms with Crippen molar-refractivity contribution in [3.05, 3.63) is 230 Å². The molecule has 17 heterocycles. The van der Waals surface area contributed by atoms with Gasteiger partial charge in [-0.05, 0) is 164 Å². The molecule has 0 spiro atoms. The Balaban J connectivity index is 0.000000149. The van der Waals surface area contributed by atoms with Gasteiger partial charge in [-0.3, -0.25) is 39.2 Å². The summed E-state index contributed by atoms with van der Waals surface area (Å²) < 4.78 is 69.5. The number of carboxylic acid groups (broad SMARTS) is 1. The summed E-state index contributed by atoms with van der Waals surface area (Å²) in [4.78, 5) is 103. The van der Waals surface area contributed by atoms with Gasteiger partial charge in [0.1, 0.15) is 66.5 Å². The van der Waals surface area contributed by atoms with Crippen molar-refractivity contribution in [3.8, 4) is 58.6 Å². The van der Waals surface area contributed by atoms with Crippen molar-refractivity contribution in [1.29, 1.82) is 0 Å². The molecule has 4 saturated heterocycles. The van der Waals surface area contributed by atoms with E-state index in [-0.39, 0.29) is 63.7 Å². The molecule has 6 fully saturated rings. The minimum absolute atomic E-state index is 0.0295. The number of fused-ring (bicyclic) bond motifs is 8. The molecule has 13 aromatic heterocycles. The van der Waals surface area contributed by atoms with Gasteiger partial charge in [0.05, 0.1) is 167 Å². The largest absolute Gasteiger partial charge is 0.495 e. The van der Waals surface area contributed by atoms with Crippen LogP contribution in [0.3, 0.4) is 0 Å². The fourth-order valence-corrected chi connectivity index (χ4v) is 15.2. The number of carbonyl (C=O) groups is 5. The molecule has 2 saturated carbocycles. The molecule has 42 heteroatoms. The van der Waals surface area contributed by atoms with E-state index in [9.17, 15) is 44.2 Å². The number of imidazole rings is 2. The van der Waals surface area contributed by atoms with E-state index in [1.54, 1.807) is 134 Å². The van der Waals surface area contributed by atoms with Gasteiger partial charge in [-0.25, -0.2) is 52.4 Å². The Bertz CT molecular complexity index is 6330. The number of ketones is 1. The number of benzene rings is 1. The summed E-state index contributed by atoms with van der Waals surface area (Å²) in [7, 11) is 7.78. The minimum Gasteiger partial charge on any atom is -0.495 e. The third-order valence-corrected chi connectivity index (χ3v) is 20.5. The van der Waals surface area contributed by atoms with Crippen LogP contribution in [0.25, 0.3) is 33.4 Å². The van der Waals surface area contributed by atoms with Crippen LogP contribution in [0.2, 0.25) is 0 Å². The summed E-state index contributed by atoms with van der Waals surface area (Å²) >= 11 is 3.43. The number of amides is 1. The number of primary amides is 1. The molecule has 670 valence electrons. The summed E-state index contributed by atoms with van der Waals surface area (Å²) in [6.07, 6.45) is 32.8. The highest BCUT2D eigenvalue weighted by molar-refractivity contribution is 9.10. The second kappa shape index (κ2) is 40.8. The topological polar surface area (TPSA) is 497 Å². The number of terminal acetylenes is 1. The number of halogens is 1. The molecular formula is C86H92BrN19O22. The number of nitro groups is 2. The number of methoxy groups -OCH3 is 5. The summed E-state index contributed by atoms with van der Waals surface area (Å²) in [5.41, 5.74) is 12.2. The molecule has 4 aliphatic heterocycles. The summed E-state index contributed by atoms with van der Waals surface area (Å²) in [5, 5.41) is 45.8. The zero-order valence-electron chi connectivity index (χ0n) is 71.8. The van der Waals surface area contributed by atoms with E-state index < -0.39 is 39.1 Å². The number of ether oxygens (including phenoxy) is 11. The van der Waals surface area contributed by atoms with Crippen LogP contribution in [0, 0.1) is 32.6 Å². The van der Waals surface area contributed by atoms with Crippen LogP contribution in [-0.4, -0.2) is 202 Å². The van der Waals surface area contributed by atoms with Crippen molar-refractivity contribution in [2.75, 3.05) is 62.0 Å². The number of hydrogen-bond acceptors (Lipinski definition) is 31. The number of hydrogen-bond donors (Lipinski definition) is 3. The number of nitrogens with zero attached hydrogens (tertiary/aromatic N) is 17. The van der Waals surface area contributed by atoms with Gasteiger partial charge in [0.15, 0.2) is 5.78 Å². The molecule has 6 aliphatic rings. The predicted octanol–water partition coefficient (Wildman–Crippen LogP) is 11.5. The number of carboxylic acids is 1. The Hall–Kier alpha value is -15.0. The molecule has 5 N–H and O–H groups in total. The molecule has 20 rings (SSSR count). The van der Waals surface area contributed by atoms with Crippen molar-refractivity contribution in [3.63, 3.8) is 0 Å². The van der Waals surface area contributed by atoms with Crippen molar-refractivity contribution < 1.29 is 95.9 Å². The fourth-order valence-electron chi connectivity index (χ4n) is 14.8. The SMILES string of the molecule is C#CC(=O)OCC.CC(C)Oc1nc(Br)cn2cc(C34COC(C)(C3)C4)nc12.CCOC(=O)c1cnn2cccc(OC)c12.COc1cccn2ncc(C(=O)Cc3cn4cc(C56COC(C)(C5)C6)nc4c(OC(C)C)n3)c12.COc1cccn2ncc(C(=O)O)c12.COc1cccn2ncc(C(N)=O)c12.COc1cccnc1.NOc1ccc([N+](=O)[O-])cc1[N+](=O)[O-]. The molecule has 1 amide bonds. The van der Waals surface area contributed by atoms with Crippen molar-refractivity contribution in [2.45, 2.75) is 122 Å². The maximum Gasteiger partial charge on any atom is 0.384 e. The maximum atomic E-state index is 13.3. The van der Waals surface area contributed by atoms with E-state index in [1.165, 1.54) is 37.3 Å². The maximum absolute atomic E-state index is 13.3. The first-order chi connectivity index (χ1) is 61.2. The first-order valence-electron chi connectivity index (χ1n) is 39.4. The van der Waals surface area contributed by atoms with Crippen LogP contribution in [0.5, 0.6) is 46.3 Å². The molecule has 41 nitrogen and oxygen atoms in total. The Morgan fingerprint density at radius 1 is 0.578 bits per heavy atom. The van der Waals surface area contributed by atoms with Gasteiger partial charge in [0.25, 0.3) is 23.4 Å². The van der Waals surface area contributed by atoms with Gasteiger partial charge in [0.2, 0.25) is 17.0 Å². The lowest BCUT2D eigenvalue weighted by atomic mass is 9.62. The van der Waals surface area contributed by atoms with E-state index in [1.807, 2.05) is 79.4 Å². The second-order valence-electron chi connectivity index (χ2n) is 29.9. The standard InChI is InChI=1S/C25H27N5O4.C15H18BrN3O2.C11H12N2O3.C9H9N3O2.C9H8N2O3.C6H5N3O5.C6H7NO.C5H6O2/c1-15(2)34-23-22-28-20(25-12-24(3,13-25)33-14-25)11-29(22)10-16(27-23)8-18(31)17-9-26-30-7-5-6-19(32-4)21(17)30;1-9(2)21-13-12-17-10(4-19(12)5-11(16)18-13)15-6-14(3,7-15)20-8-15;1-3-16-11(14)8-7-12-13-6-4-5-9(15-2)10(8)13;1-14-7-3-2-4-12-8(7)6(5-11-12)9(10)13;1-14-7-3-2-4-11-8(7)6(5-10-11)9(12)13;7-14-6-2-1-4(8(10)11)3-5(6)9(12)13;1-8-6-3-2-4-7-5-6;1-3-5(6)7-4-2/h5-7,9-11,15H,8,12-14H2,1-4H3;4-5,9H,6-8H2,1-3H3;4-7H,3H2,1-2H3;2-5H,1H3,(H2,10,13);2-5H,1H3,(H,12,13);1-3H,7H2;2-5H,1H3;1H,4H2,2H3. The second-order valence-corrected chi connectivity index (χ2v) is 30.8. The number of esters is 2. The highest BCUT2D eigenvalue weighted by Crippen LogP contribution is 2.59. The molecule has 14 aromatic rings. The minimum atomic E-state index is -1.01. The van der Waals surface area contributed by atoms with Crippen LogP contribution >= 0.6 is 15.9 Å². The molecule has 4 bridgehead atoms. The number of aromatic nitrogens is 15. The van der Waals surface area contributed by atoms with E-state index in [0.29, 0.717) is 105 Å². The molecule has 0 unspecified atom stereocenters. The number of non-ortho nitro benzene ring substituents is 1. The first-order valence-corrected chi connectivity index (χ1v) is 40.2. The zero-order chi connectivity index (χ0) is 92.5. The highest BCUT2D eigenvalue weighted by atomic mass is 79.9. The smallest absolute Gasteiger partial charge is 0.384 e. The molecule has 1 aromatic carbocycles. The molecule has 0 atom stereocenters. The normalized spacial score (nSPS) is 16.8. The van der Waals surface area contributed by atoms with Crippen molar-refractivity contribution in [2.24, 2.45) is 11.6 Å². The van der Waals surface area contributed by atoms with Crippen LogP contribution in [0.15, 0.2) is 170 Å². The van der Waals surface area contributed by atoms with Gasteiger partial charge in [-0.2, -0.15) is 26.3 Å². The Morgan fingerprint density at radius 3 is 1.42 bits per heavy atom. The number of Topliss-reactive ketones (excluding diaryl/α,β-unsaturated/α-hetero) is 1. The lowest BCUT2D eigenvalue weighted by molar-refractivity contribution is -0.394. The van der Waals surface area contributed by atoms with Gasteiger partial charge in [-0.15, -0.1) is 6.42 Å². The monoisotopic (exact) mass is 1820 g/mol. The first kappa shape index (κ1) is 93.7. The number of aromatic carboxylic acids is 1. The van der Waals surface area contributed by atoms with E-state index >= 15 is 0 Å². The predicted molar refractivity (Wildman–Crippen MR) is 463 cm³/mol. The average Bonchev–Trinajstić information content (AvgIpc) is 1.54. The molecular weight excluding hydrogens is 1730 g/mol. The van der Waals surface area contributed by atoms with Gasteiger partial charge in [-0.1, -0.05) is 0 Å². The van der Waals surface area contributed by atoms with Gasteiger partial charge < -0.3 is 72.2 Å². The number of nitro benzene ring substituents is 2. The van der Waals surface area contributed by atoms with Gasteiger partial charge >= 0.3 is 23.6 Å². The fraction of sp³-hybridized carbons (Fsp3) is 0.326. The van der Waals surface area contributed by atoms with E-state index in [2.05, 4.69) is 87.3 Å². The summed E-state index contributed by atoms with van der Waals surface area (Å²) in [5.74, 6) is 7.81. The lowest BCUT2D eigenvalue weighted by Gasteiger charge is -2.41. The highest BCUT2D eigenvalue weighted by Gasteiger charge is 2.63.